The number of fused-ring (bicyclic) bond motifs is 1. The number of carbonyl (C=O) groups excluding carboxylic acids is 1. The molecule has 0 aliphatic rings. The van der Waals surface area contributed by atoms with Gasteiger partial charge in [-0.05, 0) is 48.7 Å². The molecule has 0 bridgehead atoms. The maximum Gasteiger partial charge on any atom is 0.221 e. The van der Waals surface area contributed by atoms with E-state index >= 15 is 0 Å². The van der Waals surface area contributed by atoms with Crippen LogP contribution in [0.2, 0.25) is 0 Å². The lowest BCUT2D eigenvalue weighted by Gasteiger charge is -2.06. The molecule has 0 aliphatic heterocycles. The molecule has 2 aromatic heterocycles. The summed E-state index contributed by atoms with van der Waals surface area (Å²) in [7, 11) is 0. The molecule has 0 aliphatic carbocycles. The molecule has 4 aromatic rings. The fraction of sp³-hybridized carbons (Fsp3) is 0.136. The number of hydrogen-bond donors (Lipinski definition) is 4. The molecular weight excluding hydrogens is 366 g/mol. The Hall–Kier alpha value is -3.87. The van der Waals surface area contributed by atoms with Crippen molar-refractivity contribution in [3.63, 3.8) is 0 Å². The lowest BCUT2D eigenvalue weighted by Crippen LogP contribution is -2.05. The van der Waals surface area contributed by atoms with Gasteiger partial charge in [0.2, 0.25) is 5.91 Å². The van der Waals surface area contributed by atoms with Gasteiger partial charge >= 0.3 is 0 Å². The van der Waals surface area contributed by atoms with Crippen LogP contribution in [0.3, 0.4) is 0 Å². The van der Waals surface area contributed by atoms with Crippen LogP contribution in [-0.2, 0) is 11.2 Å². The Labute approximate surface area is 167 Å². The molecule has 1 amide bonds. The summed E-state index contributed by atoms with van der Waals surface area (Å²) in [5, 5.41) is 20.9. The number of aromatic hydroxyl groups is 1. The summed E-state index contributed by atoms with van der Waals surface area (Å²) in [5.41, 5.74) is 5.31. The van der Waals surface area contributed by atoms with E-state index in [-0.39, 0.29) is 11.8 Å². The smallest absolute Gasteiger partial charge is 0.221 e. The lowest BCUT2D eigenvalue weighted by atomic mass is 10.0. The van der Waals surface area contributed by atoms with Gasteiger partial charge in [-0.3, -0.25) is 9.89 Å². The number of carbonyl (C=O) groups is 1. The highest BCUT2D eigenvalue weighted by Crippen LogP contribution is 2.28. The van der Waals surface area contributed by atoms with Crippen molar-refractivity contribution in [2.75, 3.05) is 5.32 Å². The van der Waals surface area contributed by atoms with Crippen LogP contribution in [0.15, 0.2) is 53.5 Å². The molecule has 7 heteroatoms. The van der Waals surface area contributed by atoms with E-state index in [0.717, 1.165) is 33.4 Å². The first-order valence-electron chi connectivity index (χ1n) is 9.24. The molecule has 4 N–H and O–H groups in total. The number of anilines is 1. The van der Waals surface area contributed by atoms with Crippen molar-refractivity contribution in [2.24, 2.45) is 4.99 Å². The first kappa shape index (κ1) is 18.5. The predicted octanol–water partition coefficient (Wildman–Crippen LogP) is 4.20. The number of aliphatic imine (C=N–C) groups is 1. The number of rotatable bonds is 5. The van der Waals surface area contributed by atoms with Crippen molar-refractivity contribution in [2.45, 2.75) is 20.3 Å². The van der Waals surface area contributed by atoms with Crippen LogP contribution >= 0.6 is 0 Å². The average molecular weight is 387 g/mol. The molecule has 29 heavy (non-hydrogen) atoms. The minimum Gasteiger partial charge on any atom is -0.494 e. The number of nitrogens with one attached hydrogen (secondary N) is 3. The van der Waals surface area contributed by atoms with Crippen LogP contribution in [0.5, 0.6) is 5.88 Å². The van der Waals surface area contributed by atoms with Gasteiger partial charge in [0.15, 0.2) is 11.7 Å². The van der Waals surface area contributed by atoms with Gasteiger partial charge in [0, 0.05) is 41.5 Å². The number of hydrogen-bond acceptors (Lipinski definition) is 4. The highest BCUT2D eigenvalue weighted by atomic mass is 16.3. The SMILES string of the molecule is CC(=O)Nc1cccc(Cc2ccc3[nH]c(O)c(C=Nc4cc(C)[nH]n4)c3c2)c1. The van der Waals surface area contributed by atoms with Gasteiger partial charge in [-0.2, -0.15) is 5.10 Å². The van der Waals surface area contributed by atoms with Crippen molar-refractivity contribution in [3.8, 4) is 5.88 Å². The fourth-order valence-electron chi connectivity index (χ4n) is 3.28. The van der Waals surface area contributed by atoms with Gasteiger partial charge in [-0.15, -0.1) is 0 Å². The summed E-state index contributed by atoms with van der Waals surface area (Å²) >= 11 is 0. The highest BCUT2D eigenvalue weighted by molar-refractivity contribution is 6.02. The van der Waals surface area contributed by atoms with Crippen LogP contribution < -0.4 is 5.32 Å². The van der Waals surface area contributed by atoms with Crippen LogP contribution in [0.25, 0.3) is 10.9 Å². The van der Waals surface area contributed by atoms with Gasteiger partial charge < -0.3 is 15.4 Å². The summed E-state index contributed by atoms with van der Waals surface area (Å²) in [5.74, 6) is 0.533. The Morgan fingerprint density at radius 1 is 1.21 bits per heavy atom. The van der Waals surface area contributed by atoms with E-state index in [2.05, 4.69) is 25.5 Å². The normalized spacial score (nSPS) is 11.4. The molecule has 7 nitrogen and oxygen atoms in total. The monoisotopic (exact) mass is 387 g/mol. The Balaban J connectivity index is 1.63. The molecule has 0 fully saturated rings. The highest BCUT2D eigenvalue weighted by Gasteiger charge is 2.10. The van der Waals surface area contributed by atoms with Crippen molar-refractivity contribution in [1.29, 1.82) is 0 Å². The second kappa shape index (κ2) is 7.63. The van der Waals surface area contributed by atoms with Crippen molar-refractivity contribution < 1.29 is 9.90 Å². The van der Waals surface area contributed by atoms with Gasteiger partial charge in [0.05, 0.1) is 5.56 Å². The second-order valence-corrected chi connectivity index (χ2v) is 6.99. The summed E-state index contributed by atoms with van der Waals surface area (Å²) in [4.78, 5) is 18.6. The third-order valence-corrected chi connectivity index (χ3v) is 4.56. The number of aromatic amines is 2. The van der Waals surface area contributed by atoms with Crippen LogP contribution in [-0.4, -0.2) is 32.4 Å². The number of nitrogens with zero attached hydrogens (tertiary/aromatic N) is 2. The quantitative estimate of drug-likeness (QED) is 0.386. The number of benzene rings is 2. The van der Waals surface area contributed by atoms with Gasteiger partial charge in [0.1, 0.15) is 0 Å². The van der Waals surface area contributed by atoms with Crippen molar-refractivity contribution in [3.05, 3.63) is 70.9 Å². The van der Waals surface area contributed by atoms with Crippen molar-refractivity contribution in [1.82, 2.24) is 15.2 Å². The molecule has 146 valence electrons. The molecule has 0 spiro atoms. The van der Waals surface area contributed by atoms with E-state index in [0.29, 0.717) is 17.8 Å². The Kier molecular flexibility index (Phi) is 4.87. The summed E-state index contributed by atoms with van der Waals surface area (Å²) in [6.45, 7) is 3.40. The van der Waals surface area contributed by atoms with Gasteiger partial charge in [0.25, 0.3) is 0 Å². The average Bonchev–Trinajstić information content (AvgIpc) is 3.22. The zero-order valence-electron chi connectivity index (χ0n) is 16.2. The zero-order chi connectivity index (χ0) is 20.4. The summed E-state index contributed by atoms with van der Waals surface area (Å²) < 4.78 is 0. The van der Waals surface area contributed by atoms with Gasteiger partial charge in [-0.25, -0.2) is 4.99 Å². The molecule has 2 aromatic carbocycles. The molecular formula is C22H21N5O2. The number of H-pyrrole nitrogens is 2. The molecule has 4 rings (SSSR count). The number of aromatic nitrogens is 3. The zero-order valence-corrected chi connectivity index (χ0v) is 16.2. The van der Waals surface area contributed by atoms with E-state index in [4.69, 9.17) is 0 Å². The first-order valence-corrected chi connectivity index (χ1v) is 9.24. The number of aryl methyl sites for hydroxylation is 1. The molecule has 2 heterocycles. The largest absolute Gasteiger partial charge is 0.494 e. The predicted molar refractivity (Wildman–Crippen MR) is 114 cm³/mol. The minimum atomic E-state index is -0.0950. The molecule has 0 unspecified atom stereocenters. The second-order valence-electron chi connectivity index (χ2n) is 6.99. The van der Waals surface area contributed by atoms with E-state index in [1.165, 1.54) is 6.92 Å². The maximum absolute atomic E-state index is 11.3. The Morgan fingerprint density at radius 3 is 2.79 bits per heavy atom. The molecule has 0 saturated heterocycles. The number of amides is 1. The summed E-state index contributed by atoms with van der Waals surface area (Å²) in [6.07, 6.45) is 2.31. The van der Waals surface area contributed by atoms with E-state index in [1.807, 2.05) is 55.5 Å². The third-order valence-electron chi connectivity index (χ3n) is 4.56. The molecule has 0 atom stereocenters. The van der Waals surface area contributed by atoms with Crippen molar-refractivity contribution >= 4 is 34.5 Å². The van der Waals surface area contributed by atoms with E-state index in [9.17, 15) is 9.90 Å². The Morgan fingerprint density at radius 2 is 2.03 bits per heavy atom. The van der Waals surface area contributed by atoms with Crippen LogP contribution in [0.1, 0.15) is 29.3 Å². The summed E-state index contributed by atoms with van der Waals surface area (Å²) in [6, 6.07) is 15.6. The molecule has 0 saturated carbocycles. The fourth-order valence-corrected chi connectivity index (χ4v) is 3.28. The maximum atomic E-state index is 11.3. The third kappa shape index (κ3) is 4.19. The first-order chi connectivity index (χ1) is 14.0. The van der Waals surface area contributed by atoms with E-state index in [1.54, 1.807) is 6.21 Å². The van der Waals surface area contributed by atoms with Crippen LogP contribution in [0, 0.1) is 6.92 Å². The lowest BCUT2D eigenvalue weighted by molar-refractivity contribution is -0.114. The van der Waals surface area contributed by atoms with Gasteiger partial charge in [-0.1, -0.05) is 18.2 Å². The van der Waals surface area contributed by atoms with Crippen LogP contribution in [0.4, 0.5) is 11.5 Å². The van der Waals surface area contributed by atoms with E-state index < -0.39 is 0 Å². The standard InChI is InChI=1S/C22H21N5O2/c1-13-8-21(27-26-13)23-12-19-18-11-16(6-7-20(18)25-22(19)29)9-15-4-3-5-17(10-15)24-14(2)28/h3-8,10-12,25,29H,9H2,1-2H3,(H,24,28)(H,26,27). The molecule has 0 radical (unpaired) electrons. The topological polar surface area (TPSA) is 106 Å². The Bertz CT molecular complexity index is 1220. The minimum absolute atomic E-state index is 0.0702.